The van der Waals surface area contributed by atoms with E-state index in [-0.39, 0.29) is 18.6 Å². The Bertz CT molecular complexity index is 426. The molecule has 0 aromatic carbocycles. The Morgan fingerprint density at radius 2 is 2.41 bits per heavy atom. The molecule has 1 aromatic heterocycles. The van der Waals surface area contributed by atoms with E-state index in [1.165, 1.54) is 18.4 Å². The molecule has 2 rings (SSSR count). The van der Waals surface area contributed by atoms with Crippen molar-refractivity contribution in [1.82, 2.24) is 15.1 Å². The second kappa shape index (κ2) is 4.87. The highest BCUT2D eigenvalue weighted by molar-refractivity contribution is 5.77. The van der Waals surface area contributed by atoms with Crippen LogP contribution in [0.25, 0.3) is 0 Å². The molecule has 94 valence electrons. The van der Waals surface area contributed by atoms with Gasteiger partial charge >= 0.3 is 0 Å². The first kappa shape index (κ1) is 12.1. The second-order valence-electron chi connectivity index (χ2n) is 4.51. The van der Waals surface area contributed by atoms with Crippen LogP contribution in [0, 0.1) is 6.92 Å². The van der Waals surface area contributed by atoms with Crippen LogP contribution >= 0.6 is 0 Å². The molecule has 17 heavy (non-hydrogen) atoms. The number of rotatable bonds is 3. The van der Waals surface area contributed by atoms with E-state index in [2.05, 4.69) is 10.4 Å². The first-order valence-electron chi connectivity index (χ1n) is 5.94. The maximum absolute atomic E-state index is 11.6. The smallest absolute Gasteiger partial charge is 0.246 e. The van der Waals surface area contributed by atoms with Crippen LogP contribution in [0.5, 0.6) is 0 Å². The highest BCUT2D eigenvalue weighted by atomic mass is 16.5. The van der Waals surface area contributed by atoms with Crippen LogP contribution in [0.1, 0.15) is 35.8 Å². The summed E-state index contributed by atoms with van der Waals surface area (Å²) in [5.74, 6) is -0.0615. The van der Waals surface area contributed by atoms with Gasteiger partial charge in [-0.2, -0.15) is 5.10 Å². The van der Waals surface area contributed by atoms with Gasteiger partial charge in [-0.1, -0.05) is 0 Å². The van der Waals surface area contributed by atoms with Gasteiger partial charge in [-0.05, 0) is 26.2 Å². The average Bonchev–Trinajstić information content (AvgIpc) is 2.56. The van der Waals surface area contributed by atoms with Crippen molar-refractivity contribution in [1.29, 1.82) is 0 Å². The van der Waals surface area contributed by atoms with Crippen LogP contribution in [-0.4, -0.2) is 29.4 Å². The van der Waals surface area contributed by atoms with Crippen LogP contribution in [0.3, 0.4) is 0 Å². The minimum absolute atomic E-state index is 0.0615. The van der Waals surface area contributed by atoms with Gasteiger partial charge in [0.2, 0.25) is 5.91 Å². The third-order valence-corrected chi connectivity index (χ3v) is 3.26. The lowest BCUT2D eigenvalue weighted by molar-refractivity contribution is -0.125. The Balaban J connectivity index is 2.19. The zero-order valence-corrected chi connectivity index (χ0v) is 10.6. The summed E-state index contributed by atoms with van der Waals surface area (Å²) in [4.78, 5) is 11.6. The summed E-state index contributed by atoms with van der Waals surface area (Å²) in [5, 5.41) is 7.44. The molecule has 5 heteroatoms. The molecule has 1 aliphatic rings. The van der Waals surface area contributed by atoms with Crippen molar-refractivity contribution >= 4 is 5.91 Å². The van der Waals surface area contributed by atoms with Gasteiger partial charge in [0.15, 0.2) is 0 Å². The number of ether oxygens (including phenoxy) is 1. The lowest BCUT2D eigenvalue weighted by Crippen LogP contribution is -2.33. The van der Waals surface area contributed by atoms with E-state index in [1.807, 2.05) is 18.7 Å². The number of nitrogens with one attached hydrogen (secondary N) is 1. The van der Waals surface area contributed by atoms with E-state index >= 15 is 0 Å². The zero-order chi connectivity index (χ0) is 12.4. The third-order valence-electron chi connectivity index (χ3n) is 3.26. The molecule has 0 spiro atoms. The van der Waals surface area contributed by atoms with Gasteiger partial charge in [0.25, 0.3) is 0 Å². The molecule has 0 saturated carbocycles. The summed E-state index contributed by atoms with van der Waals surface area (Å²) >= 11 is 0. The molecule has 1 aliphatic carbocycles. The van der Waals surface area contributed by atoms with E-state index in [9.17, 15) is 4.79 Å². The third kappa shape index (κ3) is 2.34. The summed E-state index contributed by atoms with van der Waals surface area (Å²) in [5.41, 5.74) is 3.46. The average molecular weight is 237 g/mol. The minimum atomic E-state index is -0.0615. The summed E-state index contributed by atoms with van der Waals surface area (Å²) in [6, 6.07) is 0.0927. The molecule has 0 aliphatic heterocycles. The Kier molecular flexibility index (Phi) is 3.47. The maximum atomic E-state index is 11.6. The zero-order valence-electron chi connectivity index (χ0n) is 10.6. The second-order valence-corrected chi connectivity index (χ2v) is 4.51. The summed E-state index contributed by atoms with van der Waals surface area (Å²) in [7, 11) is 3.49. The molecule has 1 atom stereocenters. The van der Waals surface area contributed by atoms with Crippen LogP contribution < -0.4 is 5.32 Å². The van der Waals surface area contributed by atoms with E-state index in [0.29, 0.717) is 0 Å². The van der Waals surface area contributed by atoms with Gasteiger partial charge in [-0.3, -0.25) is 9.48 Å². The molecule has 5 nitrogen and oxygen atoms in total. The van der Waals surface area contributed by atoms with Gasteiger partial charge in [-0.25, -0.2) is 0 Å². The Hall–Kier alpha value is -1.36. The number of hydrogen-bond donors (Lipinski definition) is 1. The largest absolute Gasteiger partial charge is 0.375 e. The maximum Gasteiger partial charge on any atom is 0.246 e. The number of carbonyl (C=O) groups excluding carboxylic acids is 1. The molecule has 1 heterocycles. The van der Waals surface area contributed by atoms with Crippen LogP contribution in [0.2, 0.25) is 0 Å². The van der Waals surface area contributed by atoms with Crippen LogP contribution in [0.15, 0.2) is 0 Å². The Labute approximate surface area is 101 Å². The van der Waals surface area contributed by atoms with Crippen molar-refractivity contribution in [3.63, 3.8) is 0 Å². The first-order chi connectivity index (χ1) is 8.13. The fourth-order valence-corrected chi connectivity index (χ4v) is 2.60. The number of amides is 1. The van der Waals surface area contributed by atoms with E-state index < -0.39 is 0 Å². The molecule has 1 N–H and O–H groups in total. The van der Waals surface area contributed by atoms with Gasteiger partial charge in [0, 0.05) is 25.4 Å². The number of aromatic nitrogens is 2. The van der Waals surface area contributed by atoms with Crippen LogP contribution in [0.4, 0.5) is 0 Å². The topological polar surface area (TPSA) is 56.1 Å². The summed E-state index contributed by atoms with van der Waals surface area (Å²) in [6.45, 7) is 2.12. The van der Waals surface area contributed by atoms with Gasteiger partial charge in [0.05, 0.1) is 11.7 Å². The number of methoxy groups -OCH3 is 1. The molecule has 0 bridgehead atoms. The minimum Gasteiger partial charge on any atom is -0.375 e. The van der Waals surface area contributed by atoms with Crippen LogP contribution in [-0.2, 0) is 23.0 Å². The number of nitrogens with zero attached hydrogens (tertiary/aromatic N) is 2. The monoisotopic (exact) mass is 237 g/mol. The number of hydrogen-bond acceptors (Lipinski definition) is 3. The van der Waals surface area contributed by atoms with Gasteiger partial charge < -0.3 is 10.1 Å². The standard InChI is InChI=1S/C12H19N3O2/c1-8-12-9(13-11(16)7-17-3)5-4-6-10(12)15(2)14-8/h9H,4-7H2,1-3H3,(H,13,16). The van der Waals surface area contributed by atoms with Crippen molar-refractivity contribution < 1.29 is 9.53 Å². The highest BCUT2D eigenvalue weighted by Gasteiger charge is 2.27. The van der Waals surface area contributed by atoms with E-state index in [4.69, 9.17) is 4.74 Å². The Morgan fingerprint density at radius 3 is 3.12 bits per heavy atom. The van der Waals surface area contributed by atoms with Crippen molar-refractivity contribution in [2.45, 2.75) is 32.2 Å². The number of fused-ring (bicyclic) bond motifs is 1. The van der Waals surface area contributed by atoms with Crippen molar-refractivity contribution in [3.8, 4) is 0 Å². The molecule has 0 fully saturated rings. The first-order valence-corrected chi connectivity index (χ1v) is 5.94. The molecular formula is C12H19N3O2. The molecule has 1 aromatic rings. The molecule has 0 saturated heterocycles. The lowest BCUT2D eigenvalue weighted by atomic mass is 9.91. The van der Waals surface area contributed by atoms with Gasteiger partial charge in [0.1, 0.15) is 6.61 Å². The quantitative estimate of drug-likeness (QED) is 0.848. The highest BCUT2D eigenvalue weighted by Crippen LogP contribution is 2.31. The fraction of sp³-hybridized carbons (Fsp3) is 0.667. The Morgan fingerprint density at radius 1 is 1.65 bits per heavy atom. The molecule has 0 radical (unpaired) electrons. The predicted molar refractivity (Wildman–Crippen MR) is 63.6 cm³/mol. The molecule has 1 unspecified atom stereocenters. The van der Waals surface area contributed by atoms with E-state index in [0.717, 1.165) is 25.0 Å². The summed E-state index contributed by atoms with van der Waals surface area (Å²) in [6.07, 6.45) is 3.11. The lowest BCUT2D eigenvalue weighted by Gasteiger charge is -2.24. The summed E-state index contributed by atoms with van der Waals surface area (Å²) < 4.78 is 6.77. The van der Waals surface area contributed by atoms with Gasteiger partial charge in [-0.15, -0.1) is 0 Å². The van der Waals surface area contributed by atoms with E-state index in [1.54, 1.807) is 0 Å². The SMILES string of the molecule is COCC(=O)NC1CCCc2c1c(C)nn2C. The fourth-order valence-electron chi connectivity index (χ4n) is 2.60. The number of carbonyl (C=O) groups is 1. The predicted octanol–water partition coefficient (Wildman–Crippen LogP) is 0.869. The van der Waals surface area contributed by atoms with Crippen molar-refractivity contribution in [2.75, 3.05) is 13.7 Å². The normalized spacial score (nSPS) is 18.9. The van der Waals surface area contributed by atoms with Crippen molar-refractivity contribution in [2.24, 2.45) is 7.05 Å². The molecule has 1 amide bonds. The van der Waals surface area contributed by atoms with Crippen molar-refractivity contribution in [3.05, 3.63) is 17.0 Å². The number of aryl methyl sites for hydroxylation is 2. The molecular weight excluding hydrogens is 218 g/mol.